The number of fused-ring (bicyclic) bond motifs is 3. The van der Waals surface area contributed by atoms with E-state index in [1.54, 1.807) is 6.07 Å². The van der Waals surface area contributed by atoms with Crippen LogP contribution in [0.4, 0.5) is 0 Å². The van der Waals surface area contributed by atoms with Gasteiger partial charge >= 0.3 is 5.97 Å². The number of pyridine rings is 1. The minimum Gasteiger partial charge on any atom is -0.486 e. The number of carbonyl (C=O) groups is 1. The largest absolute Gasteiger partial charge is 0.486 e. The summed E-state index contributed by atoms with van der Waals surface area (Å²) in [5.41, 5.74) is 2.36. The standard InChI is InChI=1S/C21H15N3O3/c1-3-14-9-10-16-17(11-14)20-22-13-23-24(20)18(21(25)26-2)19(16)27-12-15-7-5-4-6-8-15/h1,4-11,13H,12H2,2H3. The predicted octanol–water partition coefficient (Wildman–Crippen LogP) is 3.23. The van der Waals surface area contributed by atoms with E-state index < -0.39 is 5.97 Å². The zero-order valence-electron chi connectivity index (χ0n) is 14.5. The Morgan fingerprint density at radius 3 is 2.74 bits per heavy atom. The predicted molar refractivity (Wildman–Crippen MR) is 101 cm³/mol. The highest BCUT2D eigenvalue weighted by atomic mass is 16.5. The molecule has 0 spiro atoms. The zero-order chi connectivity index (χ0) is 18.8. The third-order valence-electron chi connectivity index (χ3n) is 4.25. The van der Waals surface area contributed by atoms with Crippen molar-refractivity contribution in [2.45, 2.75) is 6.61 Å². The van der Waals surface area contributed by atoms with Crippen LogP contribution in [0.5, 0.6) is 5.75 Å². The first-order valence-electron chi connectivity index (χ1n) is 8.24. The van der Waals surface area contributed by atoms with Crippen LogP contribution < -0.4 is 4.74 Å². The van der Waals surface area contributed by atoms with Crippen LogP contribution in [0.1, 0.15) is 21.6 Å². The van der Waals surface area contributed by atoms with Gasteiger partial charge < -0.3 is 9.47 Å². The summed E-state index contributed by atoms with van der Waals surface area (Å²) in [7, 11) is 1.32. The van der Waals surface area contributed by atoms with Crippen LogP contribution in [-0.4, -0.2) is 27.7 Å². The van der Waals surface area contributed by atoms with Crippen molar-refractivity contribution in [1.29, 1.82) is 0 Å². The molecule has 4 aromatic rings. The molecule has 0 aliphatic heterocycles. The number of esters is 1. The van der Waals surface area contributed by atoms with Gasteiger partial charge in [-0.15, -0.1) is 6.42 Å². The van der Waals surface area contributed by atoms with Crippen LogP contribution in [-0.2, 0) is 11.3 Å². The van der Waals surface area contributed by atoms with Crippen LogP contribution in [0.3, 0.4) is 0 Å². The van der Waals surface area contributed by atoms with Crippen molar-refractivity contribution in [1.82, 2.24) is 14.6 Å². The maximum atomic E-state index is 12.5. The van der Waals surface area contributed by atoms with Gasteiger partial charge in [-0.05, 0) is 23.8 Å². The van der Waals surface area contributed by atoms with Crippen LogP contribution in [0, 0.1) is 12.3 Å². The average molecular weight is 357 g/mol. The third kappa shape index (κ3) is 2.85. The molecular weight excluding hydrogens is 342 g/mol. The second-order valence-electron chi connectivity index (χ2n) is 5.84. The van der Waals surface area contributed by atoms with Gasteiger partial charge in [0.15, 0.2) is 17.1 Å². The molecule has 2 aromatic carbocycles. The molecule has 0 aliphatic rings. The first kappa shape index (κ1) is 16.6. The fourth-order valence-electron chi connectivity index (χ4n) is 2.98. The molecule has 2 heterocycles. The minimum atomic E-state index is -0.559. The van der Waals surface area contributed by atoms with Gasteiger partial charge in [0, 0.05) is 16.3 Å². The number of ether oxygens (including phenoxy) is 2. The topological polar surface area (TPSA) is 65.7 Å². The van der Waals surface area contributed by atoms with Crippen molar-refractivity contribution in [3.8, 4) is 18.1 Å². The van der Waals surface area contributed by atoms with E-state index in [1.807, 2.05) is 42.5 Å². The maximum absolute atomic E-state index is 12.5. The van der Waals surface area contributed by atoms with Crippen LogP contribution >= 0.6 is 0 Å². The van der Waals surface area contributed by atoms with Gasteiger partial charge in [0.1, 0.15) is 12.9 Å². The maximum Gasteiger partial charge on any atom is 0.360 e. The number of carbonyl (C=O) groups excluding carboxylic acids is 1. The fourth-order valence-corrected chi connectivity index (χ4v) is 2.98. The smallest absolute Gasteiger partial charge is 0.360 e. The van der Waals surface area contributed by atoms with E-state index >= 15 is 0 Å². The summed E-state index contributed by atoms with van der Waals surface area (Å²) in [4.78, 5) is 16.8. The highest BCUT2D eigenvalue weighted by Gasteiger charge is 2.24. The first-order valence-corrected chi connectivity index (χ1v) is 8.24. The summed E-state index contributed by atoms with van der Waals surface area (Å²) >= 11 is 0. The summed E-state index contributed by atoms with van der Waals surface area (Å²) in [5.74, 6) is 2.43. The molecule has 0 fully saturated rings. The van der Waals surface area contributed by atoms with E-state index in [9.17, 15) is 4.79 Å². The molecule has 132 valence electrons. The van der Waals surface area contributed by atoms with Gasteiger partial charge in [0.2, 0.25) is 0 Å². The van der Waals surface area contributed by atoms with Crippen molar-refractivity contribution >= 4 is 22.4 Å². The fraction of sp³-hybridized carbons (Fsp3) is 0.0952. The van der Waals surface area contributed by atoms with Gasteiger partial charge in [-0.25, -0.2) is 14.3 Å². The zero-order valence-corrected chi connectivity index (χ0v) is 14.5. The first-order chi connectivity index (χ1) is 13.2. The monoisotopic (exact) mass is 357 g/mol. The number of nitrogens with zero attached hydrogens (tertiary/aromatic N) is 3. The number of aromatic nitrogens is 3. The molecule has 0 amide bonds. The number of benzene rings is 2. The van der Waals surface area contributed by atoms with Gasteiger partial charge in [0.25, 0.3) is 0 Å². The Hall–Kier alpha value is -3.85. The van der Waals surface area contributed by atoms with Crippen LogP contribution in [0.15, 0.2) is 54.9 Å². The number of rotatable bonds is 4. The second-order valence-corrected chi connectivity index (χ2v) is 5.84. The normalized spacial score (nSPS) is 10.7. The molecule has 6 nitrogen and oxygen atoms in total. The van der Waals surface area contributed by atoms with E-state index in [4.69, 9.17) is 15.9 Å². The van der Waals surface area contributed by atoms with Gasteiger partial charge in [-0.2, -0.15) is 5.10 Å². The SMILES string of the molecule is C#Cc1ccc2c(OCc3ccccc3)c(C(=O)OC)n3ncnc3c2c1. The molecule has 0 saturated heterocycles. The highest BCUT2D eigenvalue weighted by molar-refractivity contribution is 6.05. The number of methoxy groups -OCH3 is 1. The Kier molecular flexibility index (Phi) is 4.19. The molecule has 27 heavy (non-hydrogen) atoms. The van der Waals surface area contributed by atoms with Crippen LogP contribution in [0.25, 0.3) is 16.4 Å². The number of hydrogen-bond donors (Lipinski definition) is 0. The Morgan fingerprint density at radius 1 is 1.19 bits per heavy atom. The van der Waals surface area contributed by atoms with E-state index in [0.717, 1.165) is 10.9 Å². The quantitative estimate of drug-likeness (QED) is 0.414. The minimum absolute atomic E-state index is 0.182. The van der Waals surface area contributed by atoms with Crippen molar-refractivity contribution in [2.24, 2.45) is 0 Å². The van der Waals surface area contributed by atoms with E-state index in [0.29, 0.717) is 22.3 Å². The summed E-state index contributed by atoms with van der Waals surface area (Å²) < 4.78 is 12.5. The molecule has 4 rings (SSSR count). The number of hydrogen-bond acceptors (Lipinski definition) is 5. The highest BCUT2D eigenvalue weighted by Crippen LogP contribution is 2.34. The lowest BCUT2D eigenvalue weighted by Crippen LogP contribution is -2.13. The molecule has 0 unspecified atom stereocenters. The van der Waals surface area contributed by atoms with E-state index in [-0.39, 0.29) is 12.3 Å². The molecular formula is C21H15N3O3. The second kappa shape index (κ2) is 6.81. The van der Waals surface area contributed by atoms with Crippen molar-refractivity contribution < 1.29 is 14.3 Å². The van der Waals surface area contributed by atoms with Crippen molar-refractivity contribution in [2.75, 3.05) is 7.11 Å². The Labute approximate surface area is 155 Å². The lowest BCUT2D eigenvalue weighted by Gasteiger charge is -2.15. The average Bonchev–Trinajstić information content (AvgIpc) is 3.21. The molecule has 0 N–H and O–H groups in total. The summed E-state index contributed by atoms with van der Waals surface area (Å²) in [5, 5.41) is 5.64. The summed E-state index contributed by atoms with van der Waals surface area (Å²) in [6.45, 7) is 0.289. The Bertz CT molecular complexity index is 1190. The van der Waals surface area contributed by atoms with Crippen molar-refractivity contribution in [3.05, 3.63) is 71.7 Å². The molecule has 0 atom stereocenters. The summed E-state index contributed by atoms with van der Waals surface area (Å²) in [6.07, 6.45) is 6.91. The van der Waals surface area contributed by atoms with Gasteiger partial charge in [-0.3, -0.25) is 0 Å². The molecule has 0 saturated carbocycles. The Balaban J connectivity index is 1.97. The molecule has 6 heteroatoms. The lowest BCUT2D eigenvalue weighted by atomic mass is 10.1. The Morgan fingerprint density at radius 2 is 2.00 bits per heavy atom. The molecule has 0 bridgehead atoms. The van der Waals surface area contributed by atoms with Crippen molar-refractivity contribution in [3.63, 3.8) is 0 Å². The van der Waals surface area contributed by atoms with Gasteiger partial charge in [-0.1, -0.05) is 36.3 Å². The van der Waals surface area contributed by atoms with Gasteiger partial charge in [0.05, 0.1) is 7.11 Å². The summed E-state index contributed by atoms with van der Waals surface area (Å²) in [6, 6.07) is 15.1. The van der Waals surface area contributed by atoms with Crippen LogP contribution in [0.2, 0.25) is 0 Å². The molecule has 2 aromatic heterocycles. The van der Waals surface area contributed by atoms with E-state index in [1.165, 1.54) is 18.0 Å². The van der Waals surface area contributed by atoms with E-state index in [2.05, 4.69) is 16.0 Å². The molecule has 0 radical (unpaired) electrons. The number of terminal acetylenes is 1. The molecule has 0 aliphatic carbocycles. The lowest BCUT2D eigenvalue weighted by molar-refractivity contribution is 0.0585. The third-order valence-corrected chi connectivity index (χ3v) is 4.25.